The van der Waals surface area contributed by atoms with E-state index in [0.29, 0.717) is 32.7 Å². The minimum atomic E-state index is -0.0224. The highest BCUT2D eigenvalue weighted by Gasteiger charge is 1.97. The topological polar surface area (TPSA) is 64.4 Å². The largest absolute Gasteiger partial charge is 0.375 e. The zero-order chi connectivity index (χ0) is 11.6. The normalized spacial score (nSPS) is 10.1. The van der Waals surface area contributed by atoms with Crippen molar-refractivity contribution in [2.45, 2.75) is 13.0 Å². The van der Waals surface area contributed by atoms with Gasteiger partial charge in [-0.05, 0) is 5.56 Å². The maximum absolute atomic E-state index is 11.0. The maximum atomic E-state index is 11.0. The average Bonchev–Trinajstić information content (AvgIpc) is 2.30. The number of nitrogens with two attached hydrogens (primary N) is 1. The summed E-state index contributed by atoms with van der Waals surface area (Å²) < 4.78 is 5.40. The van der Waals surface area contributed by atoms with Gasteiger partial charge in [-0.15, -0.1) is 0 Å². The lowest BCUT2D eigenvalue weighted by Gasteiger charge is -2.05. The molecule has 88 valence electrons. The first-order chi connectivity index (χ1) is 7.83. The molecule has 0 saturated heterocycles. The summed E-state index contributed by atoms with van der Waals surface area (Å²) in [6.45, 7) is 2.02. The Balaban J connectivity index is 2.02. The Kier molecular flexibility index (Phi) is 6.22. The van der Waals surface area contributed by atoms with Gasteiger partial charge in [0.1, 0.15) is 0 Å². The summed E-state index contributed by atoms with van der Waals surface area (Å²) in [5.41, 5.74) is 6.38. The van der Waals surface area contributed by atoms with Crippen LogP contribution in [0.1, 0.15) is 12.0 Å². The fourth-order valence-electron chi connectivity index (χ4n) is 1.25. The van der Waals surface area contributed by atoms with Gasteiger partial charge < -0.3 is 15.8 Å². The zero-order valence-corrected chi connectivity index (χ0v) is 9.32. The molecule has 0 fully saturated rings. The molecular weight excluding hydrogens is 204 g/mol. The smallest absolute Gasteiger partial charge is 0.221 e. The van der Waals surface area contributed by atoms with Crippen LogP contribution in [-0.2, 0) is 16.1 Å². The monoisotopic (exact) mass is 222 g/mol. The third-order valence-corrected chi connectivity index (χ3v) is 2.05. The van der Waals surface area contributed by atoms with Crippen LogP contribution in [0.2, 0.25) is 0 Å². The molecule has 16 heavy (non-hydrogen) atoms. The van der Waals surface area contributed by atoms with Crippen molar-refractivity contribution in [2.75, 3.05) is 19.7 Å². The molecule has 1 rings (SSSR count). The molecule has 0 atom stereocenters. The van der Waals surface area contributed by atoms with Gasteiger partial charge in [0.2, 0.25) is 5.91 Å². The van der Waals surface area contributed by atoms with E-state index in [0.717, 1.165) is 5.56 Å². The lowest BCUT2D eigenvalue weighted by molar-refractivity contribution is -0.121. The van der Waals surface area contributed by atoms with Crippen LogP contribution < -0.4 is 11.1 Å². The molecule has 0 aliphatic heterocycles. The van der Waals surface area contributed by atoms with Crippen LogP contribution in [0.25, 0.3) is 0 Å². The van der Waals surface area contributed by atoms with Gasteiger partial charge in [0.25, 0.3) is 0 Å². The van der Waals surface area contributed by atoms with Crippen molar-refractivity contribution < 1.29 is 9.53 Å². The number of benzene rings is 1. The molecule has 0 unspecified atom stereocenters. The SMILES string of the molecule is NCCC(=O)NCCOCc1ccccc1. The van der Waals surface area contributed by atoms with Gasteiger partial charge in [0, 0.05) is 19.5 Å². The molecule has 0 saturated carbocycles. The van der Waals surface area contributed by atoms with E-state index in [1.54, 1.807) is 0 Å². The second-order valence-corrected chi connectivity index (χ2v) is 3.43. The molecular formula is C12H18N2O2. The van der Waals surface area contributed by atoms with Crippen LogP contribution in [0.3, 0.4) is 0 Å². The van der Waals surface area contributed by atoms with E-state index in [9.17, 15) is 4.79 Å². The number of hydrogen-bond donors (Lipinski definition) is 2. The fraction of sp³-hybridized carbons (Fsp3) is 0.417. The first-order valence-electron chi connectivity index (χ1n) is 5.41. The van der Waals surface area contributed by atoms with Gasteiger partial charge in [-0.25, -0.2) is 0 Å². The summed E-state index contributed by atoms with van der Waals surface area (Å²) in [6, 6.07) is 9.93. The highest BCUT2D eigenvalue weighted by molar-refractivity contribution is 5.75. The summed E-state index contributed by atoms with van der Waals surface area (Å²) in [5.74, 6) is -0.0224. The quantitative estimate of drug-likeness (QED) is 0.666. The molecule has 3 N–H and O–H groups in total. The zero-order valence-electron chi connectivity index (χ0n) is 9.32. The van der Waals surface area contributed by atoms with E-state index in [1.165, 1.54) is 0 Å². The molecule has 0 heterocycles. The summed E-state index contributed by atoms with van der Waals surface area (Å²) in [7, 11) is 0. The van der Waals surface area contributed by atoms with Gasteiger partial charge in [-0.2, -0.15) is 0 Å². The van der Waals surface area contributed by atoms with Crippen LogP contribution >= 0.6 is 0 Å². The Morgan fingerprint density at radius 1 is 1.31 bits per heavy atom. The molecule has 1 aromatic rings. The number of rotatable bonds is 7. The minimum absolute atomic E-state index is 0.0224. The molecule has 0 aromatic heterocycles. The Morgan fingerprint density at radius 3 is 2.75 bits per heavy atom. The summed E-state index contributed by atoms with van der Waals surface area (Å²) in [4.78, 5) is 11.0. The predicted molar refractivity (Wildman–Crippen MR) is 62.8 cm³/mol. The first-order valence-corrected chi connectivity index (χ1v) is 5.41. The maximum Gasteiger partial charge on any atom is 0.221 e. The minimum Gasteiger partial charge on any atom is -0.375 e. The summed E-state index contributed by atoms with van der Waals surface area (Å²) in [5, 5.41) is 2.73. The van der Waals surface area contributed by atoms with Crippen molar-refractivity contribution in [3.05, 3.63) is 35.9 Å². The van der Waals surface area contributed by atoms with Crippen molar-refractivity contribution in [3.63, 3.8) is 0 Å². The van der Waals surface area contributed by atoms with Crippen molar-refractivity contribution in [1.29, 1.82) is 0 Å². The van der Waals surface area contributed by atoms with Crippen molar-refractivity contribution in [2.24, 2.45) is 5.73 Å². The van der Waals surface area contributed by atoms with E-state index < -0.39 is 0 Å². The summed E-state index contributed by atoms with van der Waals surface area (Å²) >= 11 is 0. The van der Waals surface area contributed by atoms with Gasteiger partial charge in [-0.3, -0.25) is 4.79 Å². The number of carbonyl (C=O) groups is 1. The standard InChI is InChI=1S/C12H18N2O2/c13-7-6-12(15)14-8-9-16-10-11-4-2-1-3-5-11/h1-5H,6-10,13H2,(H,14,15). The van der Waals surface area contributed by atoms with E-state index >= 15 is 0 Å². The van der Waals surface area contributed by atoms with Crippen LogP contribution in [0.5, 0.6) is 0 Å². The van der Waals surface area contributed by atoms with E-state index in [4.69, 9.17) is 10.5 Å². The third kappa shape index (κ3) is 5.48. The van der Waals surface area contributed by atoms with Crippen LogP contribution in [0, 0.1) is 0 Å². The Labute approximate surface area is 95.8 Å². The lowest BCUT2D eigenvalue weighted by Crippen LogP contribution is -2.28. The number of nitrogens with one attached hydrogen (secondary N) is 1. The molecule has 4 heteroatoms. The molecule has 0 spiro atoms. The second kappa shape index (κ2) is 7.84. The Hall–Kier alpha value is -1.39. The highest BCUT2D eigenvalue weighted by atomic mass is 16.5. The Bertz CT molecular complexity index is 301. The van der Waals surface area contributed by atoms with Gasteiger partial charge in [0.15, 0.2) is 0 Å². The van der Waals surface area contributed by atoms with Crippen molar-refractivity contribution in [1.82, 2.24) is 5.32 Å². The number of ether oxygens (including phenoxy) is 1. The van der Waals surface area contributed by atoms with Gasteiger partial charge in [-0.1, -0.05) is 30.3 Å². The van der Waals surface area contributed by atoms with Crippen LogP contribution in [0.4, 0.5) is 0 Å². The number of carbonyl (C=O) groups excluding carboxylic acids is 1. The first kappa shape index (κ1) is 12.7. The lowest BCUT2D eigenvalue weighted by atomic mass is 10.2. The molecule has 0 radical (unpaired) electrons. The summed E-state index contributed by atoms with van der Waals surface area (Å²) in [6.07, 6.45) is 0.374. The predicted octanol–water partition coefficient (Wildman–Crippen LogP) is 0.668. The fourth-order valence-corrected chi connectivity index (χ4v) is 1.25. The molecule has 0 aliphatic carbocycles. The number of amides is 1. The van der Waals surface area contributed by atoms with E-state index in [2.05, 4.69) is 5.32 Å². The van der Waals surface area contributed by atoms with Crippen LogP contribution in [-0.4, -0.2) is 25.6 Å². The van der Waals surface area contributed by atoms with Crippen molar-refractivity contribution >= 4 is 5.91 Å². The van der Waals surface area contributed by atoms with E-state index in [-0.39, 0.29) is 5.91 Å². The second-order valence-electron chi connectivity index (χ2n) is 3.43. The molecule has 0 bridgehead atoms. The van der Waals surface area contributed by atoms with Crippen molar-refractivity contribution in [3.8, 4) is 0 Å². The number of hydrogen-bond acceptors (Lipinski definition) is 3. The van der Waals surface area contributed by atoms with Gasteiger partial charge in [0.05, 0.1) is 13.2 Å². The average molecular weight is 222 g/mol. The Morgan fingerprint density at radius 2 is 2.06 bits per heavy atom. The molecule has 4 nitrogen and oxygen atoms in total. The van der Waals surface area contributed by atoms with Crippen LogP contribution in [0.15, 0.2) is 30.3 Å². The molecule has 1 amide bonds. The van der Waals surface area contributed by atoms with E-state index in [1.807, 2.05) is 30.3 Å². The third-order valence-electron chi connectivity index (χ3n) is 2.05. The molecule has 0 aliphatic rings. The highest BCUT2D eigenvalue weighted by Crippen LogP contribution is 1.99. The molecule has 1 aromatic carbocycles. The van der Waals surface area contributed by atoms with Gasteiger partial charge >= 0.3 is 0 Å².